The molecule has 1 nitrogen and oxygen atoms in total. The van der Waals surface area contributed by atoms with E-state index in [0.717, 1.165) is 6.42 Å². The highest BCUT2D eigenvalue weighted by molar-refractivity contribution is 4.77. The molecule has 0 heterocycles. The molecule has 1 rings (SSSR count). The van der Waals surface area contributed by atoms with E-state index in [9.17, 15) is 4.39 Å². The van der Waals surface area contributed by atoms with E-state index in [4.69, 9.17) is 0 Å². The molecule has 1 atom stereocenters. The first kappa shape index (κ1) is 7.00. The summed E-state index contributed by atoms with van der Waals surface area (Å²) in [5, 5.41) is 2.83. The van der Waals surface area contributed by atoms with Gasteiger partial charge in [0.25, 0.3) is 0 Å². The van der Waals surface area contributed by atoms with Crippen molar-refractivity contribution in [2.75, 3.05) is 13.6 Å². The Labute approximate surface area is 55.6 Å². The molecule has 0 aromatic rings. The SMILES string of the molecule is CNC[C@@H](F)CC1CC1. The van der Waals surface area contributed by atoms with Crippen molar-refractivity contribution in [1.29, 1.82) is 0 Å². The van der Waals surface area contributed by atoms with Crippen LogP contribution >= 0.6 is 0 Å². The summed E-state index contributed by atoms with van der Waals surface area (Å²) in [6.07, 6.45) is 2.68. The number of alkyl halides is 1. The van der Waals surface area contributed by atoms with Gasteiger partial charge >= 0.3 is 0 Å². The number of nitrogens with one attached hydrogen (secondary N) is 1. The molecule has 1 fully saturated rings. The van der Waals surface area contributed by atoms with Crippen molar-refractivity contribution in [2.24, 2.45) is 5.92 Å². The van der Waals surface area contributed by atoms with Gasteiger partial charge in [0.2, 0.25) is 0 Å². The van der Waals surface area contributed by atoms with Crippen molar-refractivity contribution in [1.82, 2.24) is 5.32 Å². The van der Waals surface area contributed by atoms with Crippen LogP contribution in [0.2, 0.25) is 0 Å². The van der Waals surface area contributed by atoms with Gasteiger partial charge in [-0.2, -0.15) is 0 Å². The van der Waals surface area contributed by atoms with Crippen LogP contribution in [0.4, 0.5) is 4.39 Å². The molecule has 1 aliphatic carbocycles. The Kier molecular flexibility index (Phi) is 2.46. The minimum atomic E-state index is -0.609. The zero-order valence-electron chi connectivity index (χ0n) is 5.86. The van der Waals surface area contributed by atoms with E-state index >= 15 is 0 Å². The summed E-state index contributed by atoms with van der Waals surface area (Å²) in [6, 6.07) is 0. The van der Waals surface area contributed by atoms with Crippen molar-refractivity contribution in [3.05, 3.63) is 0 Å². The molecule has 1 N–H and O–H groups in total. The van der Waals surface area contributed by atoms with Crippen molar-refractivity contribution in [3.8, 4) is 0 Å². The fourth-order valence-electron chi connectivity index (χ4n) is 1.02. The maximum absolute atomic E-state index is 12.6. The average molecular weight is 131 g/mol. The largest absolute Gasteiger partial charge is 0.317 e. The smallest absolute Gasteiger partial charge is 0.113 e. The van der Waals surface area contributed by atoms with E-state index in [1.54, 1.807) is 7.05 Å². The van der Waals surface area contributed by atoms with Crippen LogP contribution in [0.5, 0.6) is 0 Å². The van der Waals surface area contributed by atoms with Gasteiger partial charge in [0.1, 0.15) is 6.17 Å². The van der Waals surface area contributed by atoms with Gasteiger partial charge in [-0.3, -0.25) is 0 Å². The predicted octanol–water partition coefficient (Wildman–Crippen LogP) is 1.34. The molecule has 0 unspecified atom stereocenters. The molecule has 0 aromatic heterocycles. The molecule has 0 saturated heterocycles. The van der Waals surface area contributed by atoms with Crippen molar-refractivity contribution < 1.29 is 4.39 Å². The van der Waals surface area contributed by atoms with Crippen molar-refractivity contribution in [3.63, 3.8) is 0 Å². The topological polar surface area (TPSA) is 12.0 Å². The van der Waals surface area contributed by atoms with Crippen LogP contribution in [0.3, 0.4) is 0 Å². The Hall–Kier alpha value is -0.110. The second kappa shape index (κ2) is 3.16. The van der Waals surface area contributed by atoms with Crippen molar-refractivity contribution >= 4 is 0 Å². The minimum Gasteiger partial charge on any atom is -0.317 e. The number of halogens is 1. The normalized spacial score (nSPS) is 22.0. The summed E-state index contributed by atoms with van der Waals surface area (Å²) in [5.74, 6) is 0.716. The first-order valence-electron chi connectivity index (χ1n) is 3.61. The summed E-state index contributed by atoms with van der Waals surface area (Å²) in [6.45, 7) is 0.524. The lowest BCUT2D eigenvalue weighted by molar-refractivity contribution is 0.295. The molecular weight excluding hydrogens is 117 g/mol. The maximum Gasteiger partial charge on any atom is 0.113 e. The minimum absolute atomic E-state index is 0.524. The van der Waals surface area contributed by atoms with E-state index in [0.29, 0.717) is 12.5 Å². The van der Waals surface area contributed by atoms with Gasteiger partial charge in [0, 0.05) is 6.54 Å². The fraction of sp³-hybridized carbons (Fsp3) is 1.00. The molecule has 0 spiro atoms. The Morgan fingerprint density at radius 1 is 1.67 bits per heavy atom. The summed E-state index contributed by atoms with van der Waals surface area (Å²) >= 11 is 0. The number of hydrogen-bond donors (Lipinski definition) is 1. The lowest BCUT2D eigenvalue weighted by atomic mass is 10.2. The van der Waals surface area contributed by atoms with Gasteiger partial charge in [-0.15, -0.1) is 0 Å². The lowest BCUT2D eigenvalue weighted by Crippen LogP contribution is -2.19. The Bertz CT molecular complexity index is 81.0. The molecule has 0 aliphatic heterocycles. The van der Waals surface area contributed by atoms with Crippen LogP contribution in [0.25, 0.3) is 0 Å². The molecule has 0 aromatic carbocycles. The van der Waals surface area contributed by atoms with Crippen LogP contribution in [-0.4, -0.2) is 19.8 Å². The van der Waals surface area contributed by atoms with Gasteiger partial charge in [-0.1, -0.05) is 12.8 Å². The zero-order chi connectivity index (χ0) is 6.69. The molecule has 9 heavy (non-hydrogen) atoms. The van der Waals surface area contributed by atoms with E-state index in [-0.39, 0.29) is 0 Å². The highest BCUT2D eigenvalue weighted by Gasteiger charge is 2.24. The van der Waals surface area contributed by atoms with Crippen LogP contribution < -0.4 is 5.32 Å². The summed E-state index contributed by atoms with van der Waals surface area (Å²) < 4.78 is 12.6. The zero-order valence-corrected chi connectivity index (χ0v) is 5.86. The van der Waals surface area contributed by atoms with Gasteiger partial charge in [-0.05, 0) is 19.4 Å². The predicted molar refractivity (Wildman–Crippen MR) is 36.2 cm³/mol. The van der Waals surface area contributed by atoms with Crippen LogP contribution in [-0.2, 0) is 0 Å². The molecule has 1 aliphatic rings. The number of rotatable bonds is 4. The third kappa shape index (κ3) is 2.80. The van der Waals surface area contributed by atoms with Crippen LogP contribution in [0.1, 0.15) is 19.3 Å². The van der Waals surface area contributed by atoms with Gasteiger partial charge < -0.3 is 5.32 Å². The molecule has 2 heteroatoms. The first-order valence-corrected chi connectivity index (χ1v) is 3.61. The Morgan fingerprint density at radius 3 is 2.78 bits per heavy atom. The third-order valence-electron chi connectivity index (χ3n) is 1.71. The molecule has 54 valence electrons. The molecule has 0 bridgehead atoms. The van der Waals surface area contributed by atoms with Gasteiger partial charge in [-0.25, -0.2) is 4.39 Å². The molecule has 0 radical (unpaired) electrons. The monoisotopic (exact) mass is 131 g/mol. The van der Waals surface area contributed by atoms with Crippen molar-refractivity contribution in [2.45, 2.75) is 25.4 Å². The van der Waals surface area contributed by atoms with E-state index in [1.807, 2.05) is 0 Å². The second-order valence-corrected chi connectivity index (χ2v) is 2.83. The highest BCUT2D eigenvalue weighted by atomic mass is 19.1. The quantitative estimate of drug-likeness (QED) is 0.607. The van der Waals surface area contributed by atoms with Gasteiger partial charge in [0.15, 0.2) is 0 Å². The van der Waals surface area contributed by atoms with Crippen LogP contribution in [0.15, 0.2) is 0 Å². The van der Waals surface area contributed by atoms with E-state index < -0.39 is 6.17 Å². The third-order valence-corrected chi connectivity index (χ3v) is 1.71. The maximum atomic E-state index is 12.6. The molecular formula is C7H14FN. The second-order valence-electron chi connectivity index (χ2n) is 2.83. The molecule has 1 saturated carbocycles. The first-order chi connectivity index (χ1) is 4.33. The number of hydrogen-bond acceptors (Lipinski definition) is 1. The Balaban J connectivity index is 1.95. The lowest BCUT2D eigenvalue weighted by Gasteiger charge is -2.04. The highest BCUT2D eigenvalue weighted by Crippen LogP contribution is 2.33. The standard InChI is InChI=1S/C7H14FN/c1-9-5-7(8)4-6-2-3-6/h6-7,9H,2-5H2,1H3/t7-/m0/s1. The summed E-state index contributed by atoms with van der Waals surface area (Å²) in [4.78, 5) is 0. The van der Waals surface area contributed by atoms with E-state index in [2.05, 4.69) is 5.32 Å². The summed E-state index contributed by atoms with van der Waals surface area (Å²) in [7, 11) is 1.79. The average Bonchev–Trinajstić information content (AvgIpc) is 2.50. The van der Waals surface area contributed by atoms with Gasteiger partial charge in [0.05, 0.1) is 0 Å². The summed E-state index contributed by atoms with van der Waals surface area (Å²) in [5.41, 5.74) is 0. The van der Waals surface area contributed by atoms with Crippen LogP contribution in [0, 0.1) is 5.92 Å². The Morgan fingerprint density at radius 2 is 2.33 bits per heavy atom. The molecule has 0 amide bonds. The van der Waals surface area contributed by atoms with E-state index in [1.165, 1.54) is 12.8 Å². The fourth-order valence-corrected chi connectivity index (χ4v) is 1.02.